The zero-order valence-electron chi connectivity index (χ0n) is 11.4. The number of hydrogen-bond donors (Lipinski definition) is 1. The summed E-state index contributed by atoms with van der Waals surface area (Å²) in [5.41, 5.74) is 8.44. The summed E-state index contributed by atoms with van der Waals surface area (Å²) in [6.45, 7) is 2.03. The Hall–Kier alpha value is -2.76. The highest BCUT2D eigenvalue weighted by Crippen LogP contribution is 2.28. The van der Waals surface area contributed by atoms with Crippen LogP contribution in [-0.4, -0.2) is 15.1 Å². The highest BCUT2D eigenvalue weighted by molar-refractivity contribution is 5.71. The number of halogens is 1. The van der Waals surface area contributed by atoms with Crippen molar-refractivity contribution in [1.82, 2.24) is 15.1 Å². The molecule has 2 heterocycles. The number of aromatic nitrogens is 3. The molecule has 2 aromatic heterocycles. The van der Waals surface area contributed by atoms with Crippen LogP contribution in [0.25, 0.3) is 22.8 Å². The average Bonchev–Trinajstić information content (AvgIpc) is 2.96. The van der Waals surface area contributed by atoms with E-state index in [9.17, 15) is 4.39 Å². The standard InChI is InChI=1S/C15H13FN4O/c1-2-9-8-18-6-5-11(9)14-19-15(21-20-14)12-4-3-10(16)7-13(12)17/h3-8H,2,17H2,1H3. The fourth-order valence-corrected chi connectivity index (χ4v) is 2.10. The molecule has 0 radical (unpaired) electrons. The maximum Gasteiger partial charge on any atom is 0.260 e. The minimum Gasteiger partial charge on any atom is -0.398 e. The van der Waals surface area contributed by atoms with E-state index >= 15 is 0 Å². The molecule has 0 aliphatic carbocycles. The Morgan fingerprint density at radius 3 is 2.86 bits per heavy atom. The van der Waals surface area contributed by atoms with Gasteiger partial charge in [0.15, 0.2) is 0 Å². The topological polar surface area (TPSA) is 77.8 Å². The van der Waals surface area contributed by atoms with Gasteiger partial charge < -0.3 is 10.3 Å². The normalized spacial score (nSPS) is 10.8. The second kappa shape index (κ2) is 5.32. The molecule has 0 aliphatic rings. The highest BCUT2D eigenvalue weighted by atomic mass is 19.1. The van der Waals surface area contributed by atoms with Crippen LogP contribution in [0.15, 0.2) is 41.2 Å². The predicted molar refractivity (Wildman–Crippen MR) is 76.7 cm³/mol. The van der Waals surface area contributed by atoms with Crippen LogP contribution in [0.5, 0.6) is 0 Å². The largest absolute Gasteiger partial charge is 0.398 e. The van der Waals surface area contributed by atoms with Crippen LogP contribution < -0.4 is 5.73 Å². The molecule has 5 nitrogen and oxygen atoms in total. The van der Waals surface area contributed by atoms with E-state index in [1.165, 1.54) is 18.2 Å². The molecule has 1 aromatic carbocycles. The van der Waals surface area contributed by atoms with Crippen molar-refractivity contribution < 1.29 is 8.91 Å². The molecular weight excluding hydrogens is 271 g/mol. The summed E-state index contributed by atoms with van der Waals surface area (Å²) in [5, 5.41) is 3.97. The molecule has 0 fully saturated rings. The Morgan fingerprint density at radius 1 is 1.24 bits per heavy atom. The van der Waals surface area contributed by atoms with Gasteiger partial charge in [-0.05, 0) is 36.2 Å². The fourth-order valence-electron chi connectivity index (χ4n) is 2.10. The molecule has 3 rings (SSSR count). The van der Waals surface area contributed by atoms with E-state index in [2.05, 4.69) is 15.1 Å². The Kier molecular flexibility index (Phi) is 3.35. The highest BCUT2D eigenvalue weighted by Gasteiger charge is 2.15. The molecule has 0 saturated carbocycles. The first-order valence-corrected chi connectivity index (χ1v) is 6.51. The van der Waals surface area contributed by atoms with Gasteiger partial charge >= 0.3 is 0 Å². The van der Waals surface area contributed by atoms with Crippen molar-refractivity contribution >= 4 is 5.69 Å². The number of hydrogen-bond acceptors (Lipinski definition) is 5. The Labute approximate surface area is 120 Å². The molecule has 0 saturated heterocycles. The van der Waals surface area contributed by atoms with E-state index in [4.69, 9.17) is 10.3 Å². The van der Waals surface area contributed by atoms with Crippen LogP contribution in [0.2, 0.25) is 0 Å². The van der Waals surface area contributed by atoms with Gasteiger partial charge in [0.05, 0.1) is 5.56 Å². The molecular formula is C15H13FN4O. The van der Waals surface area contributed by atoms with Crippen LogP contribution in [0, 0.1) is 5.82 Å². The molecule has 3 aromatic rings. The van der Waals surface area contributed by atoms with Gasteiger partial charge in [-0.2, -0.15) is 4.98 Å². The second-order valence-electron chi connectivity index (χ2n) is 4.54. The third kappa shape index (κ3) is 2.47. The average molecular weight is 284 g/mol. The van der Waals surface area contributed by atoms with Crippen molar-refractivity contribution in [3.05, 3.63) is 48.0 Å². The lowest BCUT2D eigenvalue weighted by atomic mass is 10.1. The molecule has 6 heteroatoms. The third-order valence-electron chi connectivity index (χ3n) is 3.20. The van der Waals surface area contributed by atoms with Gasteiger partial charge in [0.2, 0.25) is 5.82 Å². The first kappa shape index (κ1) is 13.2. The van der Waals surface area contributed by atoms with Crippen LogP contribution >= 0.6 is 0 Å². The van der Waals surface area contributed by atoms with E-state index in [-0.39, 0.29) is 11.6 Å². The van der Waals surface area contributed by atoms with E-state index in [0.717, 1.165) is 17.5 Å². The first-order chi connectivity index (χ1) is 10.2. The molecule has 21 heavy (non-hydrogen) atoms. The Bertz CT molecular complexity index is 785. The molecule has 0 bridgehead atoms. The molecule has 0 aliphatic heterocycles. The number of anilines is 1. The van der Waals surface area contributed by atoms with Crippen molar-refractivity contribution in [2.75, 3.05) is 5.73 Å². The summed E-state index contributed by atoms with van der Waals surface area (Å²) in [6, 6.07) is 5.89. The van der Waals surface area contributed by atoms with Crippen LogP contribution in [0.1, 0.15) is 12.5 Å². The fraction of sp³-hybridized carbons (Fsp3) is 0.133. The van der Waals surface area contributed by atoms with Crippen molar-refractivity contribution in [3.63, 3.8) is 0 Å². The zero-order valence-corrected chi connectivity index (χ0v) is 11.4. The van der Waals surface area contributed by atoms with Crippen LogP contribution in [0.4, 0.5) is 10.1 Å². The smallest absolute Gasteiger partial charge is 0.260 e. The number of nitrogens with zero attached hydrogens (tertiary/aromatic N) is 3. The van der Waals surface area contributed by atoms with E-state index in [1.54, 1.807) is 12.4 Å². The van der Waals surface area contributed by atoms with E-state index in [0.29, 0.717) is 11.4 Å². The quantitative estimate of drug-likeness (QED) is 0.748. The van der Waals surface area contributed by atoms with Crippen molar-refractivity contribution in [1.29, 1.82) is 0 Å². The summed E-state index contributed by atoms with van der Waals surface area (Å²) in [4.78, 5) is 8.42. The van der Waals surface area contributed by atoms with Crippen molar-refractivity contribution in [2.45, 2.75) is 13.3 Å². The summed E-state index contributed by atoms with van der Waals surface area (Å²) in [5.74, 6) is 0.327. The second-order valence-corrected chi connectivity index (χ2v) is 4.54. The van der Waals surface area contributed by atoms with Gasteiger partial charge in [-0.3, -0.25) is 4.98 Å². The number of aryl methyl sites for hydroxylation is 1. The minimum atomic E-state index is -0.404. The summed E-state index contributed by atoms with van der Waals surface area (Å²) < 4.78 is 18.3. The SMILES string of the molecule is CCc1cnccc1-c1noc(-c2ccc(F)cc2N)n1. The first-order valence-electron chi connectivity index (χ1n) is 6.51. The maximum atomic E-state index is 13.1. The van der Waals surface area contributed by atoms with Crippen LogP contribution in [0.3, 0.4) is 0 Å². The number of rotatable bonds is 3. The van der Waals surface area contributed by atoms with E-state index in [1.807, 2.05) is 13.0 Å². The zero-order chi connectivity index (χ0) is 14.8. The van der Waals surface area contributed by atoms with Crippen molar-refractivity contribution in [2.24, 2.45) is 0 Å². The summed E-state index contributed by atoms with van der Waals surface area (Å²) in [6.07, 6.45) is 4.26. The predicted octanol–water partition coefficient (Wildman–Crippen LogP) is 3.08. The molecule has 106 valence electrons. The lowest BCUT2D eigenvalue weighted by molar-refractivity contribution is 0.432. The van der Waals surface area contributed by atoms with Gasteiger partial charge in [-0.15, -0.1) is 0 Å². The van der Waals surface area contributed by atoms with Crippen molar-refractivity contribution in [3.8, 4) is 22.8 Å². The van der Waals surface area contributed by atoms with Gasteiger partial charge in [-0.1, -0.05) is 12.1 Å². The lowest BCUT2D eigenvalue weighted by Gasteiger charge is -2.01. The number of nitrogens with two attached hydrogens (primary N) is 1. The molecule has 0 unspecified atom stereocenters. The summed E-state index contributed by atoms with van der Waals surface area (Å²) >= 11 is 0. The maximum absolute atomic E-state index is 13.1. The van der Waals surface area contributed by atoms with Gasteiger partial charge in [0.1, 0.15) is 5.82 Å². The lowest BCUT2D eigenvalue weighted by Crippen LogP contribution is -1.92. The molecule has 0 atom stereocenters. The molecule has 2 N–H and O–H groups in total. The monoisotopic (exact) mass is 284 g/mol. The van der Waals surface area contributed by atoms with Gasteiger partial charge in [0, 0.05) is 23.6 Å². The third-order valence-corrected chi connectivity index (χ3v) is 3.20. The number of nitrogen functional groups attached to an aromatic ring is 1. The minimum absolute atomic E-state index is 0.260. The molecule has 0 amide bonds. The Morgan fingerprint density at radius 2 is 2.10 bits per heavy atom. The molecule has 0 spiro atoms. The van der Waals surface area contributed by atoms with Crippen LogP contribution in [-0.2, 0) is 6.42 Å². The van der Waals surface area contributed by atoms with Gasteiger partial charge in [-0.25, -0.2) is 4.39 Å². The summed E-state index contributed by atoms with van der Waals surface area (Å²) in [7, 11) is 0. The Balaban J connectivity index is 2.04. The number of benzene rings is 1. The number of pyridine rings is 1. The van der Waals surface area contributed by atoms with E-state index < -0.39 is 5.82 Å². The van der Waals surface area contributed by atoms with Gasteiger partial charge in [0.25, 0.3) is 5.89 Å².